The first kappa shape index (κ1) is 11.2. The van der Waals surface area contributed by atoms with Gasteiger partial charge in [0.2, 0.25) is 0 Å². The molecule has 0 aliphatic carbocycles. The number of amides is 1. The molecule has 0 aromatic heterocycles. The summed E-state index contributed by atoms with van der Waals surface area (Å²) < 4.78 is 0.847. The Balaban J connectivity index is 2.96. The second-order valence-corrected chi connectivity index (χ2v) is 4.06. The van der Waals surface area contributed by atoms with Crippen LogP contribution in [-0.2, 0) is 0 Å². The van der Waals surface area contributed by atoms with Gasteiger partial charge >= 0.3 is 0 Å². The van der Waals surface area contributed by atoms with Crippen LogP contribution in [0.1, 0.15) is 15.9 Å². The summed E-state index contributed by atoms with van der Waals surface area (Å²) in [5.74, 6) is -0.106. The van der Waals surface area contributed by atoms with Crippen LogP contribution >= 0.6 is 15.9 Å². The Labute approximate surface area is 92.2 Å². The van der Waals surface area contributed by atoms with Crippen molar-refractivity contribution in [2.45, 2.75) is 6.92 Å². The lowest BCUT2D eigenvalue weighted by atomic mass is 10.1. The lowest BCUT2D eigenvalue weighted by molar-refractivity contribution is 0.0856. The molecule has 1 rings (SSSR count). The third kappa shape index (κ3) is 2.56. The number of hydrogen-bond donors (Lipinski definition) is 1. The van der Waals surface area contributed by atoms with E-state index in [2.05, 4.69) is 21.4 Å². The van der Waals surface area contributed by atoms with Crippen molar-refractivity contribution in [1.29, 1.82) is 0 Å². The summed E-state index contributed by atoms with van der Waals surface area (Å²) in [4.78, 5) is 11.6. The van der Waals surface area contributed by atoms with Gasteiger partial charge in [0.25, 0.3) is 5.91 Å². The van der Waals surface area contributed by atoms with Crippen LogP contribution in [0.2, 0.25) is 0 Å². The monoisotopic (exact) mass is 256 g/mol. The third-order valence-electron chi connectivity index (χ3n) is 1.76. The fraction of sp³-hybridized carbons (Fsp3) is 0.300. The summed E-state index contributed by atoms with van der Waals surface area (Å²) in [5.41, 5.74) is 4.40. The van der Waals surface area contributed by atoms with Crippen LogP contribution in [0.25, 0.3) is 0 Å². The molecule has 0 fully saturated rings. The summed E-state index contributed by atoms with van der Waals surface area (Å²) in [6.07, 6.45) is 0. The van der Waals surface area contributed by atoms with Gasteiger partial charge in [0.1, 0.15) is 0 Å². The molecule has 14 heavy (non-hydrogen) atoms. The second kappa shape index (κ2) is 4.57. The lowest BCUT2D eigenvalue weighted by Gasteiger charge is -2.13. The predicted octanol–water partition coefficient (Wildman–Crippen LogP) is 1.96. The molecular weight excluding hydrogens is 244 g/mol. The highest BCUT2D eigenvalue weighted by molar-refractivity contribution is 9.10. The van der Waals surface area contributed by atoms with Gasteiger partial charge in [-0.05, 0) is 34.5 Å². The number of hydrogen-bond acceptors (Lipinski definition) is 2. The van der Waals surface area contributed by atoms with Crippen LogP contribution in [0.15, 0.2) is 22.7 Å². The number of carbonyl (C=O) groups is 1. The Morgan fingerprint density at radius 3 is 2.64 bits per heavy atom. The fourth-order valence-electron chi connectivity index (χ4n) is 1.09. The SMILES string of the molecule is Cc1cccc(C(=O)NN(C)C)c1Br. The zero-order chi connectivity index (χ0) is 10.7. The molecule has 0 saturated carbocycles. The minimum absolute atomic E-state index is 0.106. The molecule has 1 amide bonds. The number of nitrogens with one attached hydrogen (secondary N) is 1. The highest BCUT2D eigenvalue weighted by Crippen LogP contribution is 2.20. The van der Waals surface area contributed by atoms with Crippen molar-refractivity contribution in [3.63, 3.8) is 0 Å². The van der Waals surface area contributed by atoms with E-state index in [1.807, 2.05) is 19.1 Å². The third-order valence-corrected chi connectivity index (χ3v) is 2.81. The normalized spacial score (nSPS) is 10.4. The van der Waals surface area contributed by atoms with Gasteiger partial charge < -0.3 is 0 Å². The van der Waals surface area contributed by atoms with Gasteiger partial charge in [0.15, 0.2) is 0 Å². The maximum Gasteiger partial charge on any atom is 0.266 e. The smallest absolute Gasteiger partial charge is 0.266 e. The molecule has 1 aromatic rings. The molecule has 0 spiro atoms. The highest BCUT2D eigenvalue weighted by atomic mass is 79.9. The van der Waals surface area contributed by atoms with E-state index >= 15 is 0 Å². The van der Waals surface area contributed by atoms with E-state index in [0.717, 1.165) is 10.0 Å². The van der Waals surface area contributed by atoms with Gasteiger partial charge in [0, 0.05) is 18.6 Å². The van der Waals surface area contributed by atoms with Crippen LogP contribution in [0.4, 0.5) is 0 Å². The first-order valence-electron chi connectivity index (χ1n) is 4.26. The van der Waals surface area contributed by atoms with E-state index in [0.29, 0.717) is 5.56 Å². The minimum Gasteiger partial charge on any atom is -0.285 e. The molecule has 4 heteroatoms. The number of rotatable bonds is 2. The van der Waals surface area contributed by atoms with Crippen molar-refractivity contribution in [2.24, 2.45) is 0 Å². The fourth-order valence-corrected chi connectivity index (χ4v) is 1.53. The molecule has 0 bridgehead atoms. The Bertz CT molecular complexity index is 350. The first-order chi connectivity index (χ1) is 6.52. The van der Waals surface area contributed by atoms with Gasteiger partial charge in [-0.2, -0.15) is 0 Å². The molecule has 1 aromatic carbocycles. The number of halogens is 1. The lowest BCUT2D eigenvalue weighted by Crippen LogP contribution is -2.36. The number of carbonyl (C=O) groups excluding carboxylic acids is 1. The molecule has 0 aliphatic rings. The summed E-state index contributed by atoms with van der Waals surface area (Å²) in [6, 6.07) is 5.61. The summed E-state index contributed by atoms with van der Waals surface area (Å²) in [5, 5.41) is 1.62. The summed E-state index contributed by atoms with van der Waals surface area (Å²) >= 11 is 3.39. The van der Waals surface area contributed by atoms with Gasteiger partial charge in [-0.15, -0.1) is 0 Å². The van der Waals surface area contributed by atoms with Gasteiger partial charge in [-0.25, -0.2) is 5.01 Å². The molecule has 3 nitrogen and oxygen atoms in total. The molecule has 0 saturated heterocycles. The maximum absolute atomic E-state index is 11.6. The summed E-state index contributed by atoms with van der Waals surface area (Å²) in [6.45, 7) is 1.95. The highest BCUT2D eigenvalue weighted by Gasteiger charge is 2.10. The van der Waals surface area contributed by atoms with E-state index < -0.39 is 0 Å². The number of aryl methyl sites for hydroxylation is 1. The predicted molar refractivity (Wildman–Crippen MR) is 60.0 cm³/mol. The minimum atomic E-state index is -0.106. The molecule has 0 aliphatic heterocycles. The average molecular weight is 257 g/mol. The van der Waals surface area contributed by atoms with Gasteiger partial charge in [-0.1, -0.05) is 12.1 Å². The Hall–Kier alpha value is -0.870. The average Bonchev–Trinajstić information content (AvgIpc) is 2.08. The van der Waals surface area contributed by atoms with Crippen molar-refractivity contribution in [1.82, 2.24) is 10.4 Å². The van der Waals surface area contributed by atoms with Crippen LogP contribution in [-0.4, -0.2) is 25.0 Å². The number of hydrazine groups is 1. The molecule has 0 heterocycles. The van der Waals surface area contributed by atoms with Crippen LogP contribution in [0, 0.1) is 6.92 Å². The van der Waals surface area contributed by atoms with E-state index in [-0.39, 0.29) is 5.91 Å². The zero-order valence-electron chi connectivity index (χ0n) is 8.47. The van der Waals surface area contributed by atoms with Crippen molar-refractivity contribution in [3.05, 3.63) is 33.8 Å². The maximum atomic E-state index is 11.6. The molecule has 0 atom stereocenters. The molecule has 0 unspecified atom stereocenters. The second-order valence-electron chi connectivity index (χ2n) is 3.27. The Morgan fingerprint density at radius 1 is 1.43 bits per heavy atom. The van der Waals surface area contributed by atoms with Crippen LogP contribution in [0.3, 0.4) is 0 Å². The molecular formula is C10H13BrN2O. The van der Waals surface area contributed by atoms with Crippen molar-refractivity contribution >= 4 is 21.8 Å². The number of nitrogens with zero attached hydrogens (tertiary/aromatic N) is 1. The van der Waals surface area contributed by atoms with Crippen LogP contribution < -0.4 is 5.43 Å². The Kier molecular flexibility index (Phi) is 3.66. The van der Waals surface area contributed by atoms with Crippen molar-refractivity contribution < 1.29 is 4.79 Å². The van der Waals surface area contributed by atoms with Gasteiger partial charge in [-0.3, -0.25) is 10.2 Å². The van der Waals surface area contributed by atoms with E-state index in [1.54, 1.807) is 25.2 Å². The first-order valence-corrected chi connectivity index (χ1v) is 5.05. The Morgan fingerprint density at radius 2 is 2.07 bits per heavy atom. The summed E-state index contributed by atoms with van der Waals surface area (Å²) in [7, 11) is 3.56. The largest absolute Gasteiger partial charge is 0.285 e. The van der Waals surface area contributed by atoms with E-state index in [9.17, 15) is 4.79 Å². The van der Waals surface area contributed by atoms with Crippen LogP contribution in [0.5, 0.6) is 0 Å². The van der Waals surface area contributed by atoms with Crippen molar-refractivity contribution in [3.8, 4) is 0 Å². The van der Waals surface area contributed by atoms with E-state index in [1.165, 1.54) is 0 Å². The number of benzene rings is 1. The van der Waals surface area contributed by atoms with Crippen molar-refractivity contribution in [2.75, 3.05) is 14.1 Å². The van der Waals surface area contributed by atoms with Gasteiger partial charge in [0.05, 0.1) is 5.56 Å². The topological polar surface area (TPSA) is 32.3 Å². The molecule has 0 radical (unpaired) electrons. The zero-order valence-corrected chi connectivity index (χ0v) is 10.1. The molecule has 1 N–H and O–H groups in total. The molecule has 76 valence electrons. The standard InChI is InChI=1S/C10H13BrN2O/c1-7-5-4-6-8(9(7)11)10(14)12-13(2)3/h4-6H,1-3H3,(H,12,14). The van der Waals surface area contributed by atoms with E-state index in [4.69, 9.17) is 0 Å². The quantitative estimate of drug-likeness (QED) is 0.821.